The highest BCUT2D eigenvalue weighted by Crippen LogP contribution is 2.23. The van der Waals surface area contributed by atoms with Gasteiger partial charge in [-0.25, -0.2) is 0 Å². The Hall–Kier alpha value is -1.91. The lowest BCUT2D eigenvalue weighted by molar-refractivity contribution is -0.142. The number of likely N-dealkylation sites (tertiary alicyclic amines) is 1. The van der Waals surface area contributed by atoms with Gasteiger partial charge < -0.3 is 14.7 Å². The number of ether oxygens (including phenoxy) is 1. The van der Waals surface area contributed by atoms with Gasteiger partial charge in [-0.3, -0.25) is 4.79 Å². The van der Waals surface area contributed by atoms with E-state index in [0.29, 0.717) is 13.0 Å². The van der Waals surface area contributed by atoms with Crippen LogP contribution in [0.15, 0.2) is 42.5 Å². The quantitative estimate of drug-likeness (QED) is 0.860. The zero-order chi connectivity index (χ0) is 16.2. The van der Waals surface area contributed by atoms with Crippen LogP contribution in [0.1, 0.15) is 12.0 Å². The normalized spacial score (nSPS) is 21.7. The van der Waals surface area contributed by atoms with Crippen molar-refractivity contribution >= 4 is 16.7 Å². The molecule has 1 N–H and O–H groups in total. The van der Waals surface area contributed by atoms with Crippen LogP contribution >= 0.6 is 0 Å². The van der Waals surface area contributed by atoms with Crippen molar-refractivity contribution in [1.82, 2.24) is 4.90 Å². The maximum absolute atomic E-state index is 11.4. The molecule has 2 atom stereocenters. The molecule has 4 nitrogen and oxygen atoms in total. The number of hydrogen-bond acceptors (Lipinski definition) is 4. The number of β-amino-alcohol motifs (C(OH)–C–C–N with tert-alkyl or cyclic N) is 1. The number of hydrogen-bond donors (Lipinski definition) is 1. The van der Waals surface area contributed by atoms with Crippen LogP contribution in [0.25, 0.3) is 10.8 Å². The van der Waals surface area contributed by atoms with Crippen molar-refractivity contribution in [3.05, 3.63) is 48.0 Å². The standard InChI is InChI=1S/C19H23NO3/c1-23-19(22)11-16-12-20(13-18(16)21)10-9-15-7-4-6-14-5-2-3-8-17(14)15/h2-8,16,18,21H,9-13H2,1H3/t16-,18-/m1/s1. The van der Waals surface area contributed by atoms with Crippen molar-refractivity contribution in [1.29, 1.82) is 0 Å². The Morgan fingerprint density at radius 3 is 2.83 bits per heavy atom. The number of carbonyl (C=O) groups is 1. The fraction of sp³-hybridized carbons (Fsp3) is 0.421. The number of aliphatic hydroxyl groups is 1. The number of fused-ring (bicyclic) bond motifs is 1. The molecular weight excluding hydrogens is 290 g/mol. The van der Waals surface area contributed by atoms with Gasteiger partial charge in [-0.1, -0.05) is 42.5 Å². The van der Waals surface area contributed by atoms with Crippen molar-refractivity contribution in [3.8, 4) is 0 Å². The van der Waals surface area contributed by atoms with E-state index in [1.165, 1.54) is 23.4 Å². The van der Waals surface area contributed by atoms with Crippen molar-refractivity contribution in [2.45, 2.75) is 18.9 Å². The molecule has 1 heterocycles. The summed E-state index contributed by atoms with van der Waals surface area (Å²) in [7, 11) is 1.39. The lowest BCUT2D eigenvalue weighted by Crippen LogP contribution is -2.24. The zero-order valence-corrected chi connectivity index (χ0v) is 13.4. The Balaban J connectivity index is 1.61. The summed E-state index contributed by atoms with van der Waals surface area (Å²) in [5, 5.41) is 12.7. The second kappa shape index (κ2) is 7.11. The molecule has 23 heavy (non-hydrogen) atoms. The van der Waals surface area contributed by atoms with Crippen LogP contribution in [0, 0.1) is 5.92 Å². The van der Waals surface area contributed by atoms with Gasteiger partial charge in [0.25, 0.3) is 0 Å². The molecule has 1 fully saturated rings. The van der Waals surface area contributed by atoms with E-state index < -0.39 is 6.10 Å². The van der Waals surface area contributed by atoms with Crippen LogP contribution in [0.3, 0.4) is 0 Å². The summed E-state index contributed by atoms with van der Waals surface area (Å²) in [4.78, 5) is 13.6. The monoisotopic (exact) mass is 313 g/mol. The Bertz CT molecular complexity index is 680. The van der Waals surface area contributed by atoms with E-state index in [-0.39, 0.29) is 11.9 Å². The van der Waals surface area contributed by atoms with Crippen LogP contribution in [0.5, 0.6) is 0 Å². The highest BCUT2D eigenvalue weighted by molar-refractivity contribution is 5.85. The van der Waals surface area contributed by atoms with E-state index in [1.54, 1.807) is 0 Å². The van der Waals surface area contributed by atoms with Crippen molar-refractivity contribution in [3.63, 3.8) is 0 Å². The molecule has 0 saturated carbocycles. The average Bonchev–Trinajstić information content (AvgIpc) is 2.92. The van der Waals surface area contributed by atoms with Gasteiger partial charge in [0.05, 0.1) is 19.6 Å². The minimum Gasteiger partial charge on any atom is -0.469 e. The predicted octanol–water partition coefficient (Wildman–Crippen LogP) is 2.24. The van der Waals surface area contributed by atoms with Gasteiger partial charge in [-0.15, -0.1) is 0 Å². The molecule has 2 aromatic carbocycles. The summed E-state index contributed by atoms with van der Waals surface area (Å²) in [5.41, 5.74) is 1.33. The van der Waals surface area contributed by atoms with Gasteiger partial charge in [0.2, 0.25) is 0 Å². The first kappa shape index (κ1) is 16.0. The van der Waals surface area contributed by atoms with Crippen LogP contribution in [0.4, 0.5) is 0 Å². The number of methoxy groups -OCH3 is 1. The van der Waals surface area contributed by atoms with Gasteiger partial charge in [0, 0.05) is 25.6 Å². The second-order valence-electron chi connectivity index (χ2n) is 6.26. The van der Waals surface area contributed by atoms with E-state index in [2.05, 4.69) is 47.4 Å². The molecule has 3 rings (SSSR count). The van der Waals surface area contributed by atoms with E-state index in [4.69, 9.17) is 4.74 Å². The third-order valence-corrected chi connectivity index (χ3v) is 4.72. The lowest BCUT2D eigenvalue weighted by Gasteiger charge is -2.16. The predicted molar refractivity (Wildman–Crippen MR) is 90.2 cm³/mol. The van der Waals surface area contributed by atoms with Crippen molar-refractivity contribution in [2.24, 2.45) is 5.92 Å². The second-order valence-corrected chi connectivity index (χ2v) is 6.26. The Morgan fingerprint density at radius 2 is 2.00 bits per heavy atom. The maximum Gasteiger partial charge on any atom is 0.305 e. The summed E-state index contributed by atoms with van der Waals surface area (Å²) < 4.78 is 4.70. The Labute approximate surface area is 136 Å². The van der Waals surface area contributed by atoms with Crippen LogP contribution in [-0.4, -0.2) is 48.8 Å². The fourth-order valence-corrected chi connectivity index (χ4v) is 3.41. The first-order chi connectivity index (χ1) is 11.2. The van der Waals surface area contributed by atoms with Gasteiger partial charge >= 0.3 is 5.97 Å². The molecule has 2 aromatic rings. The Kier molecular flexibility index (Phi) is 4.94. The van der Waals surface area contributed by atoms with Gasteiger partial charge in [-0.2, -0.15) is 0 Å². The molecule has 4 heteroatoms. The van der Waals surface area contributed by atoms with Crippen LogP contribution in [-0.2, 0) is 16.0 Å². The molecule has 0 bridgehead atoms. The number of nitrogens with zero attached hydrogens (tertiary/aromatic N) is 1. The summed E-state index contributed by atoms with van der Waals surface area (Å²) in [6.07, 6.45) is 0.795. The number of rotatable bonds is 5. The molecule has 0 unspecified atom stereocenters. The molecule has 0 amide bonds. The maximum atomic E-state index is 11.4. The fourth-order valence-electron chi connectivity index (χ4n) is 3.41. The molecule has 122 valence electrons. The Morgan fingerprint density at radius 1 is 1.22 bits per heavy atom. The van der Waals surface area contributed by atoms with Gasteiger partial charge in [-0.05, 0) is 22.8 Å². The molecule has 0 radical (unpaired) electrons. The summed E-state index contributed by atoms with van der Waals surface area (Å²) in [6.45, 7) is 2.27. The summed E-state index contributed by atoms with van der Waals surface area (Å²) in [6, 6.07) is 14.8. The van der Waals surface area contributed by atoms with E-state index in [0.717, 1.165) is 19.5 Å². The molecule has 0 aromatic heterocycles. The molecule has 1 aliphatic rings. The first-order valence-corrected chi connectivity index (χ1v) is 8.11. The summed E-state index contributed by atoms with van der Waals surface area (Å²) in [5.74, 6) is -0.264. The number of aliphatic hydroxyl groups excluding tert-OH is 1. The van der Waals surface area contributed by atoms with Crippen molar-refractivity contribution in [2.75, 3.05) is 26.7 Å². The van der Waals surface area contributed by atoms with Crippen LogP contribution in [0.2, 0.25) is 0 Å². The molecule has 0 aliphatic carbocycles. The molecule has 1 saturated heterocycles. The third-order valence-electron chi connectivity index (χ3n) is 4.72. The van der Waals surface area contributed by atoms with Gasteiger partial charge in [0.1, 0.15) is 0 Å². The molecular formula is C19H23NO3. The van der Waals surface area contributed by atoms with E-state index >= 15 is 0 Å². The number of benzene rings is 2. The lowest BCUT2D eigenvalue weighted by atomic mass is 10.0. The smallest absolute Gasteiger partial charge is 0.305 e. The van der Waals surface area contributed by atoms with E-state index in [9.17, 15) is 9.90 Å². The number of esters is 1. The SMILES string of the molecule is COC(=O)C[C@@H]1CN(CCc2cccc3ccccc23)C[C@H]1O. The highest BCUT2D eigenvalue weighted by Gasteiger charge is 2.32. The minimum atomic E-state index is -0.443. The van der Waals surface area contributed by atoms with E-state index in [1.807, 2.05) is 0 Å². The first-order valence-electron chi connectivity index (χ1n) is 8.11. The minimum absolute atomic E-state index is 0.0185. The molecule has 1 aliphatic heterocycles. The highest BCUT2D eigenvalue weighted by atomic mass is 16.5. The third kappa shape index (κ3) is 3.71. The zero-order valence-electron chi connectivity index (χ0n) is 13.4. The molecule has 0 spiro atoms. The van der Waals surface area contributed by atoms with Gasteiger partial charge in [0.15, 0.2) is 0 Å². The largest absolute Gasteiger partial charge is 0.469 e. The van der Waals surface area contributed by atoms with Crippen molar-refractivity contribution < 1.29 is 14.6 Å². The topological polar surface area (TPSA) is 49.8 Å². The average molecular weight is 313 g/mol. The summed E-state index contributed by atoms with van der Waals surface area (Å²) >= 11 is 0. The van der Waals surface area contributed by atoms with Crippen LogP contribution < -0.4 is 0 Å². The number of carbonyl (C=O) groups excluding carboxylic acids is 1.